The molecule has 12 nitrogen and oxygen atoms in total. The first-order valence-electron chi connectivity index (χ1n) is 17.9. The zero-order chi connectivity index (χ0) is 39.8. The summed E-state index contributed by atoms with van der Waals surface area (Å²) in [6, 6.07) is 18.7. The molecule has 0 aliphatic carbocycles. The second-order valence-corrected chi connectivity index (χ2v) is 13.6. The lowest BCUT2D eigenvalue weighted by Crippen LogP contribution is -2.60. The molecule has 2 heterocycles. The zero-order valence-electron chi connectivity index (χ0n) is 31.2. The average Bonchev–Trinajstić information content (AvgIpc) is 3.18. The molecule has 0 spiro atoms. The molecule has 0 saturated carbocycles. The Morgan fingerprint density at radius 2 is 1.31 bits per heavy atom. The fourth-order valence-electron chi connectivity index (χ4n) is 5.28. The van der Waals surface area contributed by atoms with Gasteiger partial charge in [-0.15, -0.1) is 0 Å². The number of ketones is 1. The maximum atomic E-state index is 15.9. The smallest absolute Gasteiger partial charge is 0.408 e. The Bertz CT molecular complexity index is 1820. The van der Waals surface area contributed by atoms with Gasteiger partial charge in [0.05, 0.1) is 25.3 Å². The van der Waals surface area contributed by atoms with Crippen molar-refractivity contribution in [3.8, 4) is 5.75 Å². The number of pyridine rings is 2. The highest BCUT2D eigenvalue weighted by Crippen LogP contribution is 2.22. The van der Waals surface area contributed by atoms with E-state index >= 15 is 8.78 Å². The van der Waals surface area contributed by atoms with Crippen molar-refractivity contribution in [2.24, 2.45) is 11.8 Å². The van der Waals surface area contributed by atoms with Crippen molar-refractivity contribution in [2.75, 3.05) is 6.61 Å². The first-order chi connectivity index (χ1) is 26.3. The summed E-state index contributed by atoms with van der Waals surface area (Å²) in [5, 5.41) is 7.11. The van der Waals surface area contributed by atoms with Crippen LogP contribution in [0, 0.1) is 11.8 Å². The molecule has 3 N–H and O–H groups in total. The minimum absolute atomic E-state index is 0.111. The third-order valence-electron chi connectivity index (χ3n) is 8.56. The van der Waals surface area contributed by atoms with E-state index in [1.807, 2.05) is 30.3 Å². The van der Waals surface area contributed by atoms with E-state index in [-0.39, 0.29) is 25.7 Å². The van der Waals surface area contributed by atoms with Crippen molar-refractivity contribution in [2.45, 2.75) is 78.0 Å². The monoisotopic (exact) mass is 759 g/mol. The van der Waals surface area contributed by atoms with Crippen LogP contribution >= 0.6 is 0 Å². The Balaban J connectivity index is 1.49. The van der Waals surface area contributed by atoms with Gasteiger partial charge in [0.15, 0.2) is 0 Å². The molecule has 0 aliphatic heterocycles. The summed E-state index contributed by atoms with van der Waals surface area (Å²) < 4.78 is 48.5. The van der Waals surface area contributed by atoms with Gasteiger partial charge in [-0.1, -0.05) is 82.3 Å². The molecular formula is C41H47F2N5O7. The van der Waals surface area contributed by atoms with Crippen molar-refractivity contribution in [3.63, 3.8) is 0 Å². The standard InChI is InChI=1S/C41H47F2N5O7/c1-27(2)35(26-53-23-31-12-8-18-44-21-31)47-39(51)41(42,43)37(49)34(20-29-14-16-33(17-15-29)54-24-30-10-6-5-7-11-30)46-38(50)36(28(3)4)48-40(52)55-25-32-13-9-19-45-22-32/h5-19,21-22,27-28,34-36H,20,23-26H2,1-4H3,(H,46,50)(H,47,51)(H,48,52)/t34?,35-,36-/m0/s1. The number of benzene rings is 2. The third kappa shape index (κ3) is 13.2. The number of carbonyl (C=O) groups is 4. The zero-order valence-corrected chi connectivity index (χ0v) is 31.2. The summed E-state index contributed by atoms with van der Waals surface area (Å²) >= 11 is 0. The lowest BCUT2D eigenvalue weighted by Gasteiger charge is -2.28. The summed E-state index contributed by atoms with van der Waals surface area (Å²) in [5.74, 6) is -9.54. The maximum absolute atomic E-state index is 15.9. The summed E-state index contributed by atoms with van der Waals surface area (Å²) in [4.78, 5) is 61.1. The van der Waals surface area contributed by atoms with Crippen LogP contribution in [0.1, 0.15) is 49.9 Å². The molecule has 0 radical (unpaired) electrons. The highest BCUT2D eigenvalue weighted by molar-refractivity contribution is 6.10. The van der Waals surface area contributed by atoms with E-state index in [1.165, 1.54) is 6.20 Å². The van der Waals surface area contributed by atoms with Gasteiger partial charge >= 0.3 is 12.0 Å². The van der Waals surface area contributed by atoms with E-state index in [9.17, 15) is 19.2 Å². The van der Waals surface area contributed by atoms with Crippen molar-refractivity contribution in [3.05, 3.63) is 126 Å². The summed E-state index contributed by atoms with van der Waals surface area (Å²) in [6.07, 6.45) is 4.93. The second-order valence-electron chi connectivity index (χ2n) is 13.6. The van der Waals surface area contributed by atoms with E-state index in [0.717, 1.165) is 11.1 Å². The molecule has 0 aliphatic rings. The van der Waals surface area contributed by atoms with Gasteiger partial charge in [-0.2, -0.15) is 8.78 Å². The van der Waals surface area contributed by atoms with Gasteiger partial charge < -0.3 is 30.2 Å². The van der Waals surface area contributed by atoms with Crippen molar-refractivity contribution in [1.29, 1.82) is 0 Å². The Hall–Kier alpha value is -5.76. The lowest BCUT2D eigenvalue weighted by molar-refractivity contribution is -0.161. The number of carbonyl (C=O) groups excluding carboxylic acids is 4. The number of halogens is 2. The molecule has 3 atom stereocenters. The number of hydrogen-bond acceptors (Lipinski definition) is 9. The minimum Gasteiger partial charge on any atom is -0.489 e. The minimum atomic E-state index is -4.56. The number of ether oxygens (including phenoxy) is 3. The van der Waals surface area contributed by atoms with Crippen LogP contribution in [0.3, 0.4) is 0 Å². The van der Waals surface area contributed by atoms with Crippen LogP contribution in [-0.4, -0.2) is 64.3 Å². The number of nitrogens with one attached hydrogen (secondary N) is 3. The summed E-state index contributed by atoms with van der Waals surface area (Å²) in [5.41, 5.74) is 2.69. The Kier molecular flexibility index (Phi) is 15.7. The number of alkyl carbamates (subject to hydrolysis) is 1. The molecule has 0 fully saturated rings. The fourth-order valence-corrected chi connectivity index (χ4v) is 5.28. The molecule has 0 bridgehead atoms. The average molecular weight is 760 g/mol. The Morgan fingerprint density at radius 3 is 1.89 bits per heavy atom. The number of hydrogen-bond donors (Lipinski definition) is 3. The van der Waals surface area contributed by atoms with Gasteiger partial charge in [-0.25, -0.2) is 4.79 Å². The van der Waals surface area contributed by atoms with E-state index in [0.29, 0.717) is 23.5 Å². The summed E-state index contributed by atoms with van der Waals surface area (Å²) in [6.45, 7) is 6.87. The normalized spacial score (nSPS) is 13.0. The quantitative estimate of drug-likeness (QED) is 0.0977. The number of aromatic nitrogens is 2. The molecule has 2 aromatic heterocycles. The van der Waals surface area contributed by atoms with Gasteiger partial charge in [0.2, 0.25) is 11.7 Å². The summed E-state index contributed by atoms with van der Waals surface area (Å²) in [7, 11) is 0. The van der Waals surface area contributed by atoms with Crippen molar-refractivity contribution in [1.82, 2.24) is 25.9 Å². The number of rotatable bonds is 20. The predicted molar refractivity (Wildman–Crippen MR) is 200 cm³/mol. The topological polar surface area (TPSA) is 158 Å². The van der Waals surface area contributed by atoms with Crippen LogP contribution in [0.2, 0.25) is 0 Å². The number of Topliss-reactive ketones (excluding diaryl/α,β-unsaturated/α-hetero) is 1. The molecular weight excluding hydrogens is 712 g/mol. The molecule has 14 heteroatoms. The lowest BCUT2D eigenvalue weighted by atomic mass is 9.96. The van der Waals surface area contributed by atoms with Crippen LogP contribution in [0.4, 0.5) is 13.6 Å². The van der Waals surface area contributed by atoms with E-state index < -0.39 is 60.1 Å². The first kappa shape index (κ1) is 42.0. The molecule has 4 rings (SSSR count). The van der Waals surface area contributed by atoms with Gasteiger partial charge in [-0.3, -0.25) is 24.4 Å². The number of amides is 3. The predicted octanol–water partition coefficient (Wildman–Crippen LogP) is 5.60. The Morgan fingerprint density at radius 1 is 0.691 bits per heavy atom. The van der Waals surface area contributed by atoms with Crippen molar-refractivity contribution >= 4 is 23.7 Å². The largest absolute Gasteiger partial charge is 0.489 e. The molecule has 2 aromatic carbocycles. The van der Waals surface area contributed by atoms with Crippen LogP contribution in [0.25, 0.3) is 0 Å². The van der Waals surface area contributed by atoms with Crippen LogP contribution in [0.5, 0.6) is 5.75 Å². The van der Waals surface area contributed by atoms with Crippen LogP contribution in [-0.2, 0) is 50.1 Å². The highest BCUT2D eigenvalue weighted by atomic mass is 19.3. The SMILES string of the molecule is CC(C)[C@H](COCc1cccnc1)NC(=O)C(F)(F)C(=O)C(Cc1ccc(OCc2ccccc2)cc1)NC(=O)[C@@H](NC(=O)OCc1cccnc1)C(C)C. The first-order valence-corrected chi connectivity index (χ1v) is 17.9. The molecule has 4 aromatic rings. The molecule has 55 heavy (non-hydrogen) atoms. The Labute approximate surface area is 319 Å². The highest BCUT2D eigenvalue weighted by Gasteiger charge is 2.51. The number of nitrogens with zero attached hydrogens (tertiary/aromatic N) is 2. The molecule has 3 amide bonds. The fraction of sp³-hybridized carbons (Fsp3) is 0.366. The van der Waals surface area contributed by atoms with E-state index in [1.54, 1.807) is 94.8 Å². The molecule has 1 unspecified atom stereocenters. The van der Waals surface area contributed by atoms with Crippen LogP contribution in [0.15, 0.2) is 104 Å². The van der Waals surface area contributed by atoms with Crippen molar-refractivity contribution < 1.29 is 42.2 Å². The van der Waals surface area contributed by atoms with Gasteiger partial charge in [0.25, 0.3) is 5.91 Å². The van der Waals surface area contributed by atoms with Gasteiger partial charge in [-0.05, 0) is 52.8 Å². The third-order valence-corrected chi connectivity index (χ3v) is 8.56. The van der Waals surface area contributed by atoms with E-state index in [4.69, 9.17) is 14.2 Å². The van der Waals surface area contributed by atoms with Gasteiger partial charge in [0, 0.05) is 36.8 Å². The molecule has 0 saturated heterocycles. The maximum Gasteiger partial charge on any atom is 0.408 e. The molecule has 292 valence electrons. The number of alkyl halides is 2. The van der Waals surface area contributed by atoms with Crippen LogP contribution < -0.4 is 20.7 Å². The van der Waals surface area contributed by atoms with E-state index in [2.05, 4.69) is 25.9 Å². The second kappa shape index (κ2) is 20.6. The van der Waals surface area contributed by atoms with Gasteiger partial charge in [0.1, 0.15) is 25.0 Å².